The molecule has 1 aliphatic heterocycles. The maximum Gasteiger partial charge on any atom is 0.266 e. The van der Waals surface area contributed by atoms with Crippen LogP contribution < -0.4 is 10.6 Å². The fourth-order valence-corrected chi connectivity index (χ4v) is 2.92. The Hall–Kier alpha value is -1.15. The molecule has 1 aromatic heterocycles. The Bertz CT molecular complexity index is 521. The minimum Gasteiger partial charge on any atom is -0.338 e. The normalized spacial score (nSPS) is 18.8. The summed E-state index contributed by atoms with van der Waals surface area (Å²) in [5.41, 5.74) is 5.90. The molecule has 2 N–H and O–H groups in total. The highest BCUT2D eigenvalue weighted by molar-refractivity contribution is 7.90. The molecule has 1 aliphatic rings. The summed E-state index contributed by atoms with van der Waals surface area (Å²) in [6.45, 7) is 1.86. The van der Waals surface area contributed by atoms with Gasteiger partial charge < -0.3 is 15.2 Å². The van der Waals surface area contributed by atoms with Crippen LogP contribution in [0.3, 0.4) is 0 Å². The summed E-state index contributed by atoms with van der Waals surface area (Å²) in [4.78, 5) is 6.40. The van der Waals surface area contributed by atoms with Crippen LogP contribution in [-0.4, -0.2) is 43.7 Å². The smallest absolute Gasteiger partial charge is 0.266 e. The molecule has 2 heterocycles. The Balaban J connectivity index is 1.97. The second-order valence-corrected chi connectivity index (χ2v) is 7.62. The monoisotopic (exact) mass is 302 g/mol. The summed E-state index contributed by atoms with van der Waals surface area (Å²) in [7, 11) is -3.03. The van der Waals surface area contributed by atoms with Gasteiger partial charge in [-0.2, -0.15) is 4.98 Å². The minimum atomic E-state index is -3.03. The number of hydrogen-bond acceptors (Lipinski definition) is 7. The lowest BCUT2D eigenvalue weighted by Gasteiger charge is -2.16. The molecule has 0 amide bonds. The molecule has 0 radical (unpaired) electrons. The second-order valence-electron chi connectivity index (χ2n) is 5.36. The Morgan fingerprint density at radius 3 is 2.55 bits per heavy atom. The van der Waals surface area contributed by atoms with Crippen LogP contribution in [0, 0.1) is 0 Å². The molecule has 0 spiro atoms. The van der Waals surface area contributed by atoms with E-state index in [1.165, 1.54) is 19.1 Å². The third-order valence-electron chi connectivity index (χ3n) is 3.44. The lowest BCUT2D eigenvalue weighted by atomic mass is 10.2. The van der Waals surface area contributed by atoms with E-state index in [4.69, 9.17) is 10.3 Å². The van der Waals surface area contributed by atoms with Crippen molar-refractivity contribution in [2.75, 3.05) is 30.0 Å². The molecule has 1 aromatic rings. The lowest BCUT2D eigenvalue weighted by molar-refractivity contribution is 0.351. The lowest BCUT2D eigenvalue weighted by Crippen LogP contribution is -2.25. The molecular weight excluding hydrogens is 280 g/mol. The van der Waals surface area contributed by atoms with Crippen LogP contribution in [0.5, 0.6) is 0 Å². The highest BCUT2D eigenvalue weighted by Gasteiger charge is 2.20. The van der Waals surface area contributed by atoms with Gasteiger partial charge in [0.1, 0.15) is 9.84 Å². The summed E-state index contributed by atoms with van der Waals surface area (Å²) in [6.07, 6.45) is 6.20. The SMILES string of the molecule is CS(=O)(=O)CCC(N)c1nc(N2CCCCCC2)no1. The molecule has 2 rings (SSSR count). The predicted octanol–water partition coefficient (Wildman–Crippen LogP) is 0.884. The van der Waals surface area contributed by atoms with E-state index in [2.05, 4.69) is 15.0 Å². The Kier molecular flexibility index (Phi) is 4.98. The van der Waals surface area contributed by atoms with Crippen LogP contribution in [0.25, 0.3) is 0 Å². The topological polar surface area (TPSA) is 102 Å². The zero-order valence-electron chi connectivity index (χ0n) is 11.8. The van der Waals surface area contributed by atoms with E-state index >= 15 is 0 Å². The predicted molar refractivity (Wildman–Crippen MR) is 76.2 cm³/mol. The third kappa shape index (κ3) is 4.45. The van der Waals surface area contributed by atoms with E-state index in [9.17, 15) is 8.42 Å². The summed E-state index contributed by atoms with van der Waals surface area (Å²) in [6, 6.07) is -0.530. The van der Waals surface area contributed by atoms with Gasteiger partial charge in [0.2, 0.25) is 5.89 Å². The summed E-state index contributed by atoms with van der Waals surface area (Å²) < 4.78 is 27.4. The van der Waals surface area contributed by atoms with Crippen LogP contribution >= 0.6 is 0 Å². The Labute approximate surface area is 119 Å². The third-order valence-corrected chi connectivity index (χ3v) is 4.41. The van der Waals surface area contributed by atoms with Gasteiger partial charge in [-0.15, -0.1) is 0 Å². The van der Waals surface area contributed by atoms with Crippen LogP contribution in [0.1, 0.15) is 44.0 Å². The van der Waals surface area contributed by atoms with Gasteiger partial charge in [0.25, 0.3) is 5.95 Å². The highest BCUT2D eigenvalue weighted by atomic mass is 32.2. The van der Waals surface area contributed by atoms with E-state index in [1.807, 2.05) is 0 Å². The number of sulfone groups is 1. The second kappa shape index (κ2) is 6.53. The van der Waals surface area contributed by atoms with Gasteiger partial charge in [-0.3, -0.25) is 0 Å². The summed E-state index contributed by atoms with van der Waals surface area (Å²) in [5.74, 6) is 0.903. The molecule has 0 bridgehead atoms. The first-order valence-electron chi connectivity index (χ1n) is 6.97. The average Bonchev–Trinajstić information content (AvgIpc) is 2.71. The first-order valence-corrected chi connectivity index (χ1v) is 9.03. The maximum absolute atomic E-state index is 11.1. The number of anilines is 1. The minimum absolute atomic E-state index is 0.0234. The number of hydrogen-bond donors (Lipinski definition) is 1. The molecular formula is C12H22N4O3S. The van der Waals surface area contributed by atoms with Gasteiger partial charge >= 0.3 is 0 Å². The number of nitrogens with two attached hydrogens (primary N) is 1. The van der Waals surface area contributed by atoms with Gasteiger partial charge in [-0.05, 0) is 24.4 Å². The van der Waals surface area contributed by atoms with Crippen molar-refractivity contribution < 1.29 is 12.9 Å². The molecule has 8 heteroatoms. The van der Waals surface area contributed by atoms with Crippen LogP contribution in [0.2, 0.25) is 0 Å². The van der Waals surface area contributed by atoms with Gasteiger partial charge in [-0.1, -0.05) is 12.8 Å². The van der Waals surface area contributed by atoms with E-state index in [1.54, 1.807) is 0 Å². The van der Waals surface area contributed by atoms with Gasteiger partial charge in [0.15, 0.2) is 0 Å². The fourth-order valence-electron chi connectivity index (χ4n) is 2.24. The van der Waals surface area contributed by atoms with Crippen molar-refractivity contribution in [3.8, 4) is 0 Å². The van der Waals surface area contributed by atoms with Crippen molar-refractivity contribution >= 4 is 15.8 Å². The van der Waals surface area contributed by atoms with Gasteiger partial charge in [-0.25, -0.2) is 8.42 Å². The largest absolute Gasteiger partial charge is 0.338 e. The molecule has 7 nitrogen and oxygen atoms in total. The van der Waals surface area contributed by atoms with E-state index < -0.39 is 15.9 Å². The Morgan fingerprint density at radius 1 is 1.30 bits per heavy atom. The Morgan fingerprint density at radius 2 is 1.95 bits per heavy atom. The van der Waals surface area contributed by atoms with Crippen molar-refractivity contribution in [1.29, 1.82) is 0 Å². The molecule has 0 saturated carbocycles. The van der Waals surface area contributed by atoms with Crippen molar-refractivity contribution in [2.24, 2.45) is 5.73 Å². The molecule has 0 aromatic carbocycles. The quantitative estimate of drug-likeness (QED) is 0.861. The summed E-state index contributed by atoms with van der Waals surface area (Å²) in [5, 5.41) is 3.96. The van der Waals surface area contributed by atoms with E-state index in [0.717, 1.165) is 25.9 Å². The van der Waals surface area contributed by atoms with Crippen molar-refractivity contribution in [1.82, 2.24) is 10.1 Å². The van der Waals surface area contributed by atoms with Gasteiger partial charge in [0, 0.05) is 19.3 Å². The van der Waals surface area contributed by atoms with Crippen LogP contribution in [0.15, 0.2) is 4.52 Å². The molecule has 1 atom stereocenters. The zero-order valence-corrected chi connectivity index (χ0v) is 12.6. The highest BCUT2D eigenvalue weighted by Crippen LogP contribution is 2.19. The molecule has 114 valence electrons. The molecule has 20 heavy (non-hydrogen) atoms. The first-order chi connectivity index (χ1) is 9.46. The average molecular weight is 302 g/mol. The van der Waals surface area contributed by atoms with E-state index in [0.29, 0.717) is 18.3 Å². The first kappa shape index (κ1) is 15.2. The molecule has 0 aliphatic carbocycles. The molecule has 1 saturated heterocycles. The van der Waals surface area contributed by atoms with Gasteiger partial charge in [0.05, 0.1) is 11.8 Å². The van der Waals surface area contributed by atoms with Crippen LogP contribution in [-0.2, 0) is 9.84 Å². The van der Waals surface area contributed by atoms with Crippen molar-refractivity contribution in [2.45, 2.75) is 38.1 Å². The van der Waals surface area contributed by atoms with Crippen molar-refractivity contribution in [3.63, 3.8) is 0 Å². The fraction of sp³-hybridized carbons (Fsp3) is 0.833. The molecule has 1 fully saturated rings. The standard InChI is InChI=1S/C12H22N4O3S/c1-20(17,18)9-6-10(13)11-14-12(15-19-11)16-7-4-2-3-5-8-16/h10H,2-9,13H2,1H3. The zero-order chi connectivity index (χ0) is 14.6. The summed E-state index contributed by atoms with van der Waals surface area (Å²) >= 11 is 0. The number of nitrogens with zero attached hydrogens (tertiary/aromatic N) is 3. The maximum atomic E-state index is 11.1. The van der Waals surface area contributed by atoms with E-state index in [-0.39, 0.29) is 5.75 Å². The van der Waals surface area contributed by atoms with Crippen LogP contribution in [0.4, 0.5) is 5.95 Å². The van der Waals surface area contributed by atoms with Crippen molar-refractivity contribution in [3.05, 3.63) is 5.89 Å². The molecule has 1 unspecified atom stereocenters. The number of aromatic nitrogens is 2. The number of rotatable bonds is 5.